The summed E-state index contributed by atoms with van der Waals surface area (Å²) in [6, 6.07) is 15.9. The number of nitrogens with zero attached hydrogens (tertiary/aromatic N) is 5. The minimum absolute atomic E-state index is 0.170. The molecule has 1 aliphatic carbocycles. The van der Waals surface area contributed by atoms with Crippen LogP contribution in [0.2, 0.25) is 5.02 Å². The van der Waals surface area contributed by atoms with Gasteiger partial charge < -0.3 is 15.2 Å². The van der Waals surface area contributed by atoms with Crippen LogP contribution in [0.4, 0.5) is 10.2 Å². The second-order valence-electron chi connectivity index (χ2n) is 13.0. The second-order valence-corrected chi connectivity index (χ2v) is 13.4. The molecule has 0 radical (unpaired) electrons. The van der Waals surface area contributed by atoms with Crippen molar-refractivity contribution in [2.24, 2.45) is 11.8 Å². The summed E-state index contributed by atoms with van der Waals surface area (Å²) in [6.07, 6.45) is 9.68. The number of carboxylic acids is 1. The molecule has 3 atom stereocenters. The minimum Gasteiger partial charge on any atom is -0.481 e. The summed E-state index contributed by atoms with van der Waals surface area (Å²) in [6.45, 7) is 5.43. The topological polar surface area (TPSA) is 104 Å². The van der Waals surface area contributed by atoms with Crippen LogP contribution in [0, 0.1) is 11.8 Å². The minimum atomic E-state index is -0.882. The molecule has 7 rings (SSSR count). The number of methoxy groups -OCH3 is 1. The Morgan fingerprint density at radius 2 is 1.96 bits per heavy atom. The quantitative estimate of drug-likeness (QED) is 0.200. The molecule has 2 fully saturated rings. The molecule has 2 N–H and O–H groups in total. The summed E-state index contributed by atoms with van der Waals surface area (Å²) in [5.41, 5.74) is 4.43. The van der Waals surface area contributed by atoms with Crippen molar-refractivity contribution in [2.45, 2.75) is 38.1 Å². The summed E-state index contributed by atoms with van der Waals surface area (Å²) in [5, 5.41) is 14.9. The first-order chi connectivity index (χ1) is 23.2. The van der Waals surface area contributed by atoms with Crippen LogP contribution >= 0.6 is 11.6 Å². The lowest BCUT2D eigenvalue weighted by Gasteiger charge is -2.41. The molecule has 9 nitrogen and oxygen atoms in total. The molecular formula is C37H38ClFN6O3. The molecule has 0 spiro atoms. The van der Waals surface area contributed by atoms with Gasteiger partial charge in [-0.3, -0.25) is 19.6 Å². The maximum Gasteiger partial charge on any atom is 0.307 e. The van der Waals surface area contributed by atoms with Gasteiger partial charge in [-0.25, -0.2) is 14.4 Å². The van der Waals surface area contributed by atoms with Gasteiger partial charge in [-0.2, -0.15) is 0 Å². The van der Waals surface area contributed by atoms with E-state index < -0.39 is 17.7 Å². The Bertz CT molecular complexity index is 1910. The Hall–Kier alpha value is -4.38. The second kappa shape index (κ2) is 13.3. The molecule has 2 saturated heterocycles. The number of aromatic nitrogens is 3. The van der Waals surface area contributed by atoms with E-state index in [2.05, 4.69) is 40.3 Å². The molecular weight excluding hydrogens is 631 g/mol. The molecule has 2 aliphatic heterocycles. The maximum absolute atomic E-state index is 13.4. The zero-order valence-corrected chi connectivity index (χ0v) is 27.7. The molecule has 11 heteroatoms. The standard InChI is InChI=1S/C37H38ClFN6O3/c1-23-29(30-6-3-4-8-31(30)38)7-5-13-37(23,32-10-9-26(35(42-32)48-2)19-44-15-12-27(20-44)36(46)47)43-34-33-25(11-14-40-34)16-24(17-41-33)18-45-21-28(39)22-45/h3-11,13-14,16-17,23,27-28H,12,15,18-22H2,1-2H3,(H,40,43)(H,46,47)/t23?,27-,37?/m1/s1. The highest BCUT2D eigenvalue weighted by Crippen LogP contribution is 2.46. The highest BCUT2D eigenvalue weighted by atomic mass is 35.5. The lowest BCUT2D eigenvalue weighted by molar-refractivity contribution is -0.141. The third-order valence-corrected chi connectivity index (χ3v) is 10.2. The summed E-state index contributed by atoms with van der Waals surface area (Å²) in [5.74, 6) is -0.209. The van der Waals surface area contributed by atoms with E-state index in [1.54, 1.807) is 13.3 Å². The molecule has 1 aromatic carbocycles. The van der Waals surface area contributed by atoms with Crippen molar-refractivity contribution < 1.29 is 19.0 Å². The average molecular weight is 669 g/mol. The average Bonchev–Trinajstić information content (AvgIpc) is 3.55. The van der Waals surface area contributed by atoms with E-state index >= 15 is 0 Å². The monoisotopic (exact) mass is 668 g/mol. The zero-order chi connectivity index (χ0) is 33.4. The third-order valence-electron chi connectivity index (χ3n) is 9.84. The highest BCUT2D eigenvalue weighted by Gasteiger charge is 2.42. The van der Waals surface area contributed by atoms with Crippen molar-refractivity contribution >= 4 is 39.9 Å². The van der Waals surface area contributed by atoms with Crippen molar-refractivity contribution in [3.05, 3.63) is 107 Å². The van der Waals surface area contributed by atoms with Crippen LogP contribution in [-0.2, 0) is 23.4 Å². The Labute approximate surface area is 284 Å². The predicted octanol–water partition coefficient (Wildman–Crippen LogP) is 6.34. The van der Waals surface area contributed by atoms with Gasteiger partial charge in [0.05, 0.1) is 18.7 Å². The number of alkyl halides is 1. The number of pyridine rings is 3. The molecule has 5 heterocycles. The lowest BCUT2D eigenvalue weighted by atomic mass is 9.72. The van der Waals surface area contributed by atoms with Crippen LogP contribution in [0.3, 0.4) is 0 Å². The number of anilines is 1. The van der Waals surface area contributed by atoms with Crippen LogP contribution in [0.5, 0.6) is 5.88 Å². The number of hydrogen-bond donors (Lipinski definition) is 2. The van der Waals surface area contributed by atoms with E-state index in [0.29, 0.717) is 67.9 Å². The van der Waals surface area contributed by atoms with Crippen LogP contribution in [0.25, 0.3) is 16.5 Å². The van der Waals surface area contributed by atoms with Crippen LogP contribution in [-0.4, -0.2) is 75.3 Å². The number of benzene rings is 1. The summed E-state index contributed by atoms with van der Waals surface area (Å²) in [4.78, 5) is 30.5. The number of carbonyl (C=O) groups is 1. The molecule has 3 aromatic heterocycles. The van der Waals surface area contributed by atoms with Crippen LogP contribution < -0.4 is 10.1 Å². The zero-order valence-electron chi connectivity index (χ0n) is 26.9. The fraction of sp³-hybridized carbons (Fsp3) is 0.351. The smallest absolute Gasteiger partial charge is 0.307 e. The number of fused-ring (bicyclic) bond motifs is 1. The predicted molar refractivity (Wildman–Crippen MR) is 185 cm³/mol. The molecule has 3 aliphatic rings. The summed E-state index contributed by atoms with van der Waals surface area (Å²) < 4.78 is 19.3. The summed E-state index contributed by atoms with van der Waals surface area (Å²) >= 11 is 6.74. The maximum atomic E-state index is 13.4. The number of likely N-dealkylation sites (tertiary alicyclic amines) is 2. The molecule has 2 unspecified atom stereocenters. The van der Waals surface area contributed by atoms with Crippen LogP contribution in [0.1, 0.15) is 35.7 Å². The first-order valence-electron chi connectivity index (χ1n) is 16.3. The Morgan fingerprint density at radius 1 is 1.12 bits per heavy atom. The van der Waals surface area contributed by atoms with Gasteiger partial charge in [0.1, 0.15) is 17.2 Å². The number of hydrogen-bond acceptors (Lipinski definition) is 8. The first kappa shape index (κ1) is 32.2. The third kappa shape index (κ3) is 6.16. The Kier molecular flexibility index (Phi) is 8.89. The van der Waals surface area contributed by atoms with Crippen molar-refractivity contribution in [1.29, 1.82) is 0 Å². The highest BCUT2D eigenvalue weighted by molar-refractivity contribution is 6.32. The van der Waals surface area contributed by atoms with Gasteiger partial charge in [-0.05, 0) is 53.9 Å². The van der Waals surface area contributed by atoms with Crippen LogP contribution in [0.15, 0.2) is 79.2 Å². The van der Waals surface area contributed by atoms with E-state index in [9.17, 15) is 14.3 Å². The molecule has 4 aromatic rings. The number of nitrogens with one attached hydrogen (secondary N) is 1. The summed E-state index contributed by atoms with van der Waals surface area (Å²) in [7, 11) is 1.61. The number of allylic oxidation sites excluding steroid dienone is 2. The van der Waals surface area contributed by atoms with E-state index in [1.807, 2.05) is 54.7 Å². The first-order valence-corrected chi connectivity index (χ1v) is 16.6. The molecule has 248 valence electrons. The number of halogens is 2. The number of rotatable bonds is 10. The van der Waals surface area contributed by atoms with Crippen molar-refractivity contribution in [3.63, 3.8) is 0 Å². The van der Waals surface area contributed by atoms with E-state index in [0.717, 1.165) is 33.3 Å². The fourth-order valence-corrected chi connectivity index (χ4v) is 7.41. The number of aliphatic carboxylic acids is 1. The largest absolute Gasteiger partial charge is 0.481 e. The Balaban J connectivity index is 1.27. The SMILES string of the molecule is COc1nc(C2(Nc3nccc4cc(CN5CC(F)C5)cnc34)C=CC=C(c3ccccc3Cl)C2C)ccc1CN1CC[C@@H](C(=O)O)C1. The van der Waals surface area contributed by atoms with Gasteiger partial charge in [-0.15, -0.1) is 0 Å². The van der Waals surface area contributed by atoms with E-state index in [-0.39, 0.29) is 11.8 Å². The van der Waals surface area contributed by atoms with Crippen molar-refractivity contribution in [2.75, 3.05) is 38.6 Å². The molecule has 0 amide bonds. The fourth-order valence-electron chi connectivity index (χ4n) is 7.17. The van der Waals surface area contributed by atoms with Gasteiger partial charge in [0, 0.05) is 67.0 Å². The molecule has 48 heavy (non-hydrogen) atoms. The number of ether oxygens (including phenoxy) is 1. The number of carboxylic acid groups (broad SMARTS) is 1. The normalized spacial score (nSPS) is 23.2. The van der Waals surface area contributed by atoms with Gasteiger partial charge in [0.2, 0.25) is 5.88 Å². The molecule has 0 saturated carbocycles. The van der Waals surface area contributed by atoms with E-state index in [4.69, 9.17) is 31.3 Å². The lowest BCUT2D eigenvalue weighted by Crippen LogP contribution is -2.47. The van der Waals surface area contributed by atoms with Gasteiger partial charge in [0.25, 0.3) is 0 Å². The Morgan fingerprint density at radius 3 is 2.71 bits per heavy atom. The van der Waals surface area contributed by atoms with E-state index in [1.165, 1.54) is 0 Å². The van der Waals surface area contributed by atoms with Gasteiger partial charge in [0.15, 0.2) is 5.82 Å². The van der Waals surface area contributed by atoms with Gasteiger partial charge >= 0.3 is 5.97 Å². The van der Waals surface area contributed by atoms with Crippen molar-refractivity contribution in [1.82, 2.24) is 24.8 Å². The molecule has 0 bridgehead atoms. The van der Waals surface area contributed by atoms with Gasteiger partial charge in [-0.1, -0.05) is 61.0 Å². The van der Waals surface area contributed by atoms with Crippen molar-refractivity contribution in [3.8, 4) is 5.88 Å².